The molecule has 0 saturated carbocycles. The van der Waals surface area contributed by atoms with Crippen molar-refractivity contribution >= 4 is 33.8 Å². The number of aromatic nitrogens is 2. The largest absolute Gasteiger partial charge is 0.385 e. The van der Waals surface area contributed by atoms with E-state index in [0.29, 0.717) is 36.4 Å². The van der Waals surface area contributed by atoms with Gasteiger partial charge < -0.3 is 4.74 Å². The third-order valence-corrected chi connectivity index (χ3v) is 4.74. The molecule has 0 aliphatic carbocycles. The average molecular weight is 386 g/mol. The van der Waals surface area contributed by atoms with Crippen LogP contribution in [-0.2, 0) is 11.3 Å². The van der Waals surface area contributed by atoms with Crippen LogP contribution in [0.15, 0.2) is 76.6 Å². The molecule has 0 fully saturated rings. The summed E-state index contributed by atoms with van der Waals surface area (Å²) in [5.74, 6) is 0.418. The van der Waals surface area contributed by atoms with Crippen LogP contribution in [0.3, 0.4) is 0 Å². The Morgan fingerprint density at radius 2 is 1.86 bits per heavy atom. The quantitative estimate of drug-likeness (QED) is 0.296. The molecule has 0 aliphatic rings. The summed E-state index contributed by atoms with van der Waals surface area (Å²) in [6.07, 6.45) is 2.44. The molecule has 1 aromatic heterocycles. The molecule has 0 radical (unpaired) electrons. The molecule has 4 aromatic rings. The van der Waals surface area contributed by atoms with E-state index >= 15 is 0 Å². The van der Waals surface area contributed by atoms with Gasteiger partial charge in [-0.05, 0) is 41.0 Å². The van der Waals surface area contributed by atoms with Gasteiger partial charge >= 0.3 is 0 Å². The van der Waals surface area contributed by atoms with Crippen LogP contribution in [0.4, 0.5) is 5.95 Å². The number of hydrazone groups is 1. The number of benzene rings is 3. The van der Waals surface area contributed by atoms with Crippen molar-refractivity contribution < 1.29 is 4.74 Å². The fraction of sp³-hybridized carbons (Fsp3) is 0.174. The zero-order chi connectivity index (χ0) is 20.1. The minimum Gasteiger partial charge on any atom is -0.385 e. The number of nitrogens with zero attached hydrogens (tertiary/aromatic N) is 3. The highest BCUT2D eigenvalue weighted by molar-refractivity contribution is 5.90. The number of para-hydroxylation sites is 1. The summed E-state index contributed by atoms with van der Waals surface area (Å²) in [5.41, 5.74) is 4.47. The number of anilines is 1. The molecular formula is C23H22N4O2. The van der Waals surface area contributed by atoms with E-state index in [9.17, 15) is 4.79 Å². The molecule has 1 N–H and O–H groups in total. The third kappa shape index (κ3) is 4.17. The summed E-state index contributed by atoms with van der Waals surface area (Å²) >= 11 is 0. The van der Waals surface area contributed by atoms with Gasteiger partial charge in [0.1, 0.15) is 0 Å². The first kappa shape index (κ1) is 18.8. The second kappa shape index (κ2) is 8.67. The van der Waals surface area contributed by atoms with E-state index in [-0.39, 0.29) is 5.56 Å². The highest BCUT2D eigenvalue weighted by Gasteiger charge is 2.10. The lowest BCUT2D eigenvalue weighted by Gasteiger charge is -2.12. The molecule has 0 bridgehead atoms. The number of nitrogens with one attached hydrogen (secondary N) is 1. The molecule has 4 rings (SSSR count). The molecule has 0 saturated heterocycles. The molecule has 0 spiro atoms. The van der Waals surface area contributed by atoms with E-state index < -0.39 is 0 Å². The second-order valence-corrected chi connectivity index (χ2v) is 6.73. The van der Waals surface area contributed by atoms with Gasteiger partial charge in [0.25, 0.3) is 5.56 Å². The van der Waals surface area contributed by atoms with Gasteiger partial charge in [0.2, 0.25) is 5.95 Å². The van der Waals surface area contributed by atoms with Crippen LogP contribution < -0.4 is 11.0 Å². The molecular weight excluding hydrogens is 364 g/mol. The van der Waals surface area contributed by atoms with Gasteiger partial charge in [0.15, 0.2) is 0 Å². The van der Waals surface area contributed by atoms with Gasteiger partial charge in [-0.2, -0.15) is 5.10 Å². The van der Waals surface area contributed by atoms with Gasteiger partial charge in [-0.15, -0.1) is 0 Å². The number of fused-ring (bicyclic) bond motifs is 2. The van der Waals surface area contributed by atoms with E-state index in [0.717, 1.165) is 10.9 Å². The van der Waals surface area contributed by atoms with Crippen LogP contribution in [-0.4, -0.2) is 29.5 Å². The molecule has 0 aliphatic heterocycles. The van der Waals surface area contributed by atoms with E-state index in [1.807, 2.05) is 36.4 Å². The van der Waals surface area contributed by atoms with E-state index in [1.54, 1.807) is 24.0 Å². The Kier molecular flexibility index (Phi) is 5.63. The topological polar surface area (TPSA) is 68.5 Å². The molecule has 6 heteroatoms. The number of hydrogen-bond donors (Lipinski definition) is 1. The van der Waals surface area contributed by atoms with Crippen molar-refractivity contribution in [1.29, 1.82) is 0 Å². The minimum absolute atomic E-state index is 0.0879. The minimum atomic E-state index is -0.0879. The van der Waals surface area contributed by atoms with Crippen molar-refractivity contribution in [3.8, 4) is 0 Å². The Balaban J connectivity index is 1.63. The molecule has 1 heterocycles. The van der Waals surface area contributed by atoms with E-state index in [2.05, 4.69) is 39.8 Å². The highest BCUT2D eigenvalue weighted by atomic mass is 16.5. The summed E-state index contributed by atoms with van der Waals surface area (Å²) < 4.78 is 6.73. The lowest BCUT2D eigenvalue weighted by atomic mass is 10.1. The second-order valence-electron chi connectivity index (χ2n) is 6.73. The number of ether oxygens (including phenoxy) is 1. The molecule has 29 heavy (non-hydrogen) atoms. The molecule has 0 amide bonds. The van der Waals surface area contributed by atoms with Crippen molar-refractivity contribution in [1.82, 2.24) is 9.55 Å². The lowest BCUT2D eigenvalue weighted by molar-refractivity contribution is 0.190. The fourth-order valence-electron chi connectivity index (χ4n) is 3.28. The summed E-state index contributed by atoms with van der Waals surface area (Å²) in [4.78, 5) is 17.5. The van der Waals surface area contributed by atoms with E-state index in [4.69, 9.17) is 4.74 Å². The maximum atomic E-state index is 12.9. The summed E-state index contributed by atoms with van der Waals surface area (Å²) in [5, 5.41) is 7.25. The first-order valence-corrected chi connectivity index (χ1v) is 9.52. The van der Waals surface area contributed by atoms with Gasteiger partial charge in [-0.25, -0.2) is 10.4 Å². The van der Waals surface area contributed by atoms with Gasteiger partial charge in [-0.1, -0.05) is 48.5 Å². The van der Waals surface area contributed by atoms with Crippen molar-refractivity contribution in [2.75, 3.05) is 19.1 Å². The SMILES string of the molecule is COCCCn1c(N/N=C\c2ccc3ccccc3c2)nc2ccccc2c1=O. The summed E-state index contributed by atoms with van der Waals surface area (Å²) in [6, 6.07) is 21.6. The van der Waals surface area contributed by atoms with Gasteiger partial charge in [0.05, 0.1) is 17.1 Å². The summed E-state index contributed by atoms with van der Waals surface area (Å²) in [7, 11) is 1.65. The van der Waals surface area contributed by atoms with Crippen LogP contribution in [0, 0.1) is 0 Å². The first-order chi connectivity index (χ1) is 14.3. The Morgan fingerprint density at radius 1 is 1.07 bits per heavy atom. The maximum absolute atomic E-state index is 12.9. The zero-order valence-corrected chi connectivity index (χ0v) is 16.2. The molecule has 3 aromatic carbocycles. The molecule has 6 nitrogen and oxygen atoms in total. The Morgan fingerprint density at radius 3 is 2.72 bits per heavy atom. The summed E-state index contributed by atoms with van der Waals surface area (Å²) in [6.45, 7) is 1.07. The highest BCUT2D eigenvalue weighted by Crippen LogP contribution is 2.15. The molecule has 0 unspecified atom stereocenters. The molecule has 0 atom stereocenters. The van der Waals surface area contributed by atoms with Crippen molar-refractivity contribution in [3.63, 3.8) is 0 Å². The van der Waals surface area contributed by atoms with Crippen LogP contribution in [0.25, 0.3) is 21.7 Å². The van der Waals surface area contributed by atoms with Crippen molar-refractivity contribution in [2.24, 2.45) is 5.10 Å². The average Bonchev–Trinajstić information content (AvgIpc) is 2.76. The molecule has 146 valence electrons. The van der Waals surface area contributed by atoms with Crippen LogP contribution in [0.2, 0.25) is 0 Å². The number of methoxy groups -OCH3 is 1. The lowest BCUT2D eigenvalue weighted by Crippen LogP contribution is -2.24. The normalized spacial score (nSPS) is 11.5. The monoisotopic (exact) mass is 386 g/mol. The predicted molar refractivity (Wildman–Crippen MR) is 118 cm³/mol. The first-order valence-electron chi connectivity index (χ1n) is 9.52. The third-order valence-electron chi connectivity index (χ3n) is 4.74. The number of hydrogen-bond acceptors (Lipinski definition) is 5. The Labute approximate surface area is 168 Å². The smallest absolute Gasteiger partial charge is 0.262 e. The Bertz CT molecular complexity index is 1230. The van der Waals surface area contributed by atoms with Gasteiger partial charge in [0, 0.05) is 20.3 Å². The van der Waals surface area contributed by atoms with E-state index in [1.165, 1.54) is 5.39 Å². The van der Waals surface area contributed by atoms with Crippen molar-refractivity contribution in [3.05, 3.63) is 82.6 Å². The maximum Gasteiger partial charge on any atom is 0.262 e. The standard InChI is InChI=1S/C23H22N4O2/c1-29-14-6-13-27-22(28)20-9-4-5-10-21(20)25-23(27)26-24-16-17-11-12-18-7-2-3-8-19(18)15-17/h2-5,7-12,15-16H,6,13-14H2,1H3,(H,25,26)/b24-16-. The fourth-order valence-corrected chi connectivity index (χ4v) is 3.28. The Hall–Kier alpha value is -3.51. The number of rotatable bonds is 7. The van der Waals surface area contributed by atoms with Gasteiger partial charge in [-0.3, -0.25) is 9.36 Å². The zero-order valence-electron chi connectivity index (χ0n) is 16.2. The van der Waals surface area contributed by atoms with Crippen LogP contribution >= 0.6 is 0 Å². The van der Waals surface area contributed by atoms with Crippen molar-refractivity contribution in [2.45, 2.75) is 13.0 Å². The van der Waals surface area contributed by atoms with Crippen LogP contribution in [0.1, 0.15) is 12.0 Å². The predicted octanol–water partition coefficient (Wildman–Crippen LogP) is 4.03. The van der Waals surface area contributed by atoms with Crippen LogP contribution in [0.5, 0.6) is 0 Å².